The highest BCUT2D eigenvalue weighted by Crippen LogP contribution is 2.29. The molecule has 1 unspecified atom stereocenters. The number of rotatable bonds is 2. The molecule has 0 saturated heterocycles. The van der Waals surface area contributed by atoms with Gasteiger partial charge in [-0.1, -0.05) is 18.6 Å². The Morgan fingerprint density at radius 3 is 2.90 bits per heavy atom. The van der Waals surface area contributed by atoms with Crippen LogP contribution >= 0.6 is 0 Å². The fourth-order valence-electron chi connectivity index (χ4n) is 2.85. The van der Waals surface area contributed by atoms with Gasteiger partial charge in [0, 0.05) is 23.5 Å². The van der Waals surface area contributed by atoms with Crippen molar-refractivity contribution in [2.24, 2.45) is 0 Å². The molecule has 2 aromatic rings. The summed E-state index contributed by atoms with van der Waals surface area (Å²) in [5.41, 5.74) is 2.37. The molecule has 1 aromatic carbocycles. The quantitative estimate of drug-likeness (QED) is 0.834. The van der Waals surface area contributed by atoms with Gasteiger partial charge in [-0.25, -0.2) is 8.78 Å². The minimum atomic E-state index is -0.823. The standard InChI is InChI=1S/C16H17F2NO/c17-14-6-3-5-12(16(14)18)9-19-8-11-4-1-2-7-15(20)13(11)10-19/h3,5-6,8,10,15,20H,1-2,4,7,9H2. The van der Waals surface area contributed by atoms with Gasteiger partial charge in [-0.2, -0.15) is 0 Å². The van der Waals surface area contributed by atoms with E-state index in [4.69, 9.17) is 0 Å². The molecule has 4 heteroatoms. The molecule has 1 atom stereocenters. The largest absolute Gasteiger partial charge is 0.388 e. The molecule has 1 heterocycles. The van der Waals surface area contributed by atoms with E-state index in [1.165, 1.54) is 6.07 Å². The maximum Gasteiger partial charge on any atom is 0.163 e. The third kappa shape index (κ3) is 2.48. The molecule has 1 aliphatic rings. The number of nitrogens with zero attached hydrogens (tertiary/aromatic N) is 1. The average molecular weight is 277 g/mol. The van der Waals surface area contributed by atoms with Crippen LogP contribution in [0.5, 0.6) is 0 Å². The van der Waals surface area contributed by atoms with E-state index in [9.17, 15) is 13.9 Å². The van der Waals surface area contributed by atoms with Gasteiger partial charge in [0.1, 0.15) is 0 Å². The topological polar surface area (TPSA) is 25.2 Å². The Morgan fingerprint density at radius 2 is 2.05 bits per heavy atom. The maximum absolute atomic E-state index is 13.7. The van der Waals surface area contributed by atoms with Crippen LogP contribution in [0.4, 0.5) is 8.78 Å². The fraction of sp³-hybridized carbons (Fsp3) is 0.375. The predicted octanol–water partition coefficient (Wildman–Crippen LogP) is 3.57. The van der Waals surface area contributed by atoms with Crippen LogP contribution in [-0.2, 0) is 13.0 Å². The molecule has 20 heavy (non-hydrogen) atoms. The normalized spacial score (nSPS) is 18.6. The van der Waals surface area contributed by atoms with Gasteiger partial charge in [-0.3, -0.25) is 0 Å². The Balaban J connectivity index is 1.89. The number of aliphatic hydroxyl groups excluding tert-OH is 1. The van der Waals surface area contributed by atoms with Crippen molar-refractivity contribution in [3.05, 3.63) is 58.9 Å². The highest BCUT2D eigenvalue weighted by atomic mass is 19.2. The van der Waals surface area contributed by atoms with Gasteiger partial charge in [-0.15, -0.1) is 0 Å². The molecule has 0 radical (unpaired) electrons. The van der Waals surface area contributed by atoms with E-state index in [0.29, 0.717) is 5.56 Å². The van der Waals surface area contributed by atoms with Crippen molar-refractivity contribution >= 4 is 0 Å². The van der Waals surface area contributed by atoms with Gasteiger partial charge in [-0.05, 0) is 30.9 Å². The zero-order valence-electron chi connectivity index (χ0n) is 11.1. The molecule has 3 rings (SSSR count). The maximum atomic E-state index is 13.7. The number of aromatic nitrogens is 1. The summed E-state index contributed by atoms with van der Waals surface area (Å²) >= 11 is 0. The van der Waals surface area contributed by atoms with Gasteiger partial charge >= 0.3 is 0 Å². The van der Waals surface area contributed by atoms with Crippen molar-refractivity contribution in [3.63, 3.8) is 0 Å². The van der Waals surface area contributed by atoms with Crippen molar-refractivity contribution in [2.45, 2.75) is 38.3 Å². The Morgan fingerprint density at radius 1 is 1.20 bits per heavy atom. The number of aliphatic hydroxyl groups is 1. The summed E-state index contributed by atoms with van der Waals surface area (Å²) in [5.74, 6) is -1.62. The minimum Gasteiger partial charge on any atom is -0.388 e. The molecule has 0 aliphatic heterocycles. The predicted molar refractivity (Wildman–Crippen MR) is 72.4 cm³/mol. The molecule has 1 aliphatic carbocycles. The highest BCUT2D eigenvalue weighted by Gasteiger charge is 2.19. The summed E-state index contributed by atoms with van der Waals surface area (Å²) in [5, 5.41) is 10.1. The van der Waals surface area contributed by atoms with Crippen molar-refractivity contribution in [2.75, 3.05) is 0 Å². The van der Waals surface area contributed by atoms with Gasteiger partial charge in [0.15, 0.2) is 11.6 Å². The van der Waals surface area contributed by atoms with Gasteiger partial charge in [0.2, 0.25) is 0 Å². The fourth-order valence-corrected chi connectivity index (χ4v) is 2.85. The second-order valence-corrected chi connectivity index (χ2v) is 5.39. The first-order valence-corrected chi connectivity index (χ1v) is 6.94. The first-order valence-electron chi connectivity index (χ1n) is 6.94. The average Bonchev–Trinajstić information content (AvgIpc) is 2.75. The number of hydrogen-bond donors (Lipinski definition) is 1. The van der Waals surface area contributed by atoms with Crippen LogP contribution < -0.4 is 0 Å². The summed E-state index contributed by atoms with van der Waals surface area (Å²) < 4.78 is 28.7. The van der Waals surface area contributed by atoms with Crippen LogP contribution in [0.1, 0.15) is 42.1 Å². The van der Waals surface area contributed by atoms with Crippen LogP contribution in [-0.4, -0.2) is 9.67 Å². The molecule has 1 aromatic heterocycles. The third-order valence-corrected chi connectivity index (χ3v) is 3.91. The molecule has 0 spiro atoms. The summed E-state index contributed by atoms with van der Waals surface area (Å²) in [6.45, 7) is 0.281. The molecule has 1 N–H and O–H groups in total. The van der Waals surface area contributed by atoms with Crippen LogP contribution in [0.2, 0.25) is 0 Å². The second kappa shape index (κ2) is 5.37. The number of hydrogen-bond acceptors (Lipinski definition) is 1. The van der Waals surface area contributed by atoms with E-state index in [-0.39, 0.29) is 6.54 Å². The molecule has 2 nitrogen and oxygen atoms in total. The van der Waals surface area contributed by atoms with E-state index in [1.54, 1.807) is 6.07 Å². The summed E-state index contributed by atoms with van der Waals surface area (Å²) in [6.07, 6.45) is 7.14. The lowest BCUT2D eigenvalue weighted by Crippen LogP contribution is -2.02. The van der Waals surface area contributed by atoms with Crippen molar-refractivity contribution in [1.82, 2.24) is 4.57 Å². The molecular formula is C16H17F2NO. The SMILES string of the molecule is OC1CCCCc2cn(Cc3cccc(F)c3F)cc21. The summed E-state index contributed by atoms with van der Waals surface area (Å²) in [4.78, 5) is 0. The highest BCUT2D eigenvalue weighted by molar-refractivity contribution is 5.29. The minimum absolute atomic E-state index is 0.281. The summed E-state index contributed by atoms with van der Waals surface area (Å²) in [6, 6.07) is 4.21. The zero-order chi connectivity index (χ0) is 14.1. The van der Waals surface area contributed by atoms with E-state index >= 15 is 0 Å². The number of halogens is 2. The Labute approximate surface area is 116 Å². The van der Waals surface area contributed by atoms with E-state index in [2.05, 4.69) is 0 Å². The van der Waals surface area contributed by atoms with Crippen LogP contribution in [0.15, 0.2) is 30.6 Å². The molecule has 106 valence electrons. The summed E-state index contributed by atoms with van der Waals surface area (Å²) in [7, 11) is 0. The third-order valence-electron chi connectivity index (χ3n) is 3.91. The lowest BCUT2D eigenvalue weighted by atomic mass is 10.1. The number of fused-ring (bicyclic) bond motifs is 1. The smallest absolute Gasteiger partial charge is 0.163 e. The van der Waals surface area contributed by atoms with E-state index < -0.39 is 17.7 Å². The van der Waals surface area contributed by atoms with Gasteiger partial charge < -0.3 is 9.67 Å². The first kappa shape index (κ1) is 13.3. The van der Waals surface area contributed by atoms with Crippen molar-refractivity contribution in [3.8, 4) is 0 Å². The number of benzene rings is 1. The van der Waals surface area contributed by atoms with Gasteiger partial charge in [0.05, 0.1) is 12.6 Å². The molecule has 0 bridgehead atoms. The molecule has 0 fully saturated rings. The lowest BCUT2D eigenvalue weighted by molar-refractivity contribution is 0.166. The van der Waals surface area contributed by atoms with Crippen molar-refractivity contribution in [1.29, 1.82) is 0 Å². The van der Waals surface area contributed by atoms with E-state index in [1.807, 2.05) is 17.0 Å². The van der Waals surface area contributed by atoms with Gasteiger partial charge in [0.25, 0.3) is 0 Å². The Bertz CT molecular complexity index is 621. The van der Waals surface area contributed by atoms with E-state index in [0.717, 1.165) is 42.9 Å². The van der Waals surface area contributed by atoms with Crippen LogP contribution in [0.25, 0.3) is 0 Å². The number of aryl methyl sites for hydroxylation is 1. The lowest BCUT2D eigenvalue weighted by Gasteiger charge is -2.07. The molecular weight excluding hydrogens is 260 g/mol. The zero-order valence-corrected chi connectivity index (χ0v) is 11.1. The molecule has 0 saturated carbocycles. The van der Waals surface area contributed by atoms with Crippen LogP contribution in [0, 0.1) is 11.6 Å². The second-order valence-electron chi connectivity index (χ2n) is 5.39. The van der Waals surface area contributed by atoms with Crippen molar-refractivity contribution < 1.29 is 13.9 Å². The first-order chi connectivity index (χ1) is 9.65. The molecule has 0 amide bonds. The van der Waals surface area contributed by atoms with Crippen LogP contribution in [0.3, 0.4) is 0 Å². The Hall–Kier alpha value is -1.68. The monoisotopic (exact) mass is 277 g/mol. The Kier molecular flexibility index (Phi) is 3.57.